The predicted octanol–water partition coefficient (Wildman–Crippen LogP) is 4.81. The Morgan fingerprint density at radius 1 is 1.25 bits per heavy atom. The van der Waals surface area contributed by atoms with Gasteiger partial charge in [-0.25, -0.2) is 9.97 Å². The summed E-state index contributed by atoms with van der Waals surface area (Å²) in [7, 11) is 1.63. The first kappa shape index (κ1) is 18.6. The summed E-state index contributed by atoms with van der Waals surface area (Å²) in [5, 5.41) is 5.16. The molecule has 4 rings (SSSR count). The van der Waals surface area contributed by atoms with Crippen LogP contribution in [0.1, 0.15) is 5.56 Å². The predicted molar refractivity (Wildman–Crippen MR) is 113 cm³/mol. The number of benzene rings is 2. The van der Waals surface area contributed by atoms with Gasteiger partial charge in [-0.15, -0.1) is 0 Å². The van der Waals surface area contributed by atoms with Crippen molar-refractivity contribution in [3.05, 3.63) is 53.3 Å². The molecular formula is C20H17ClN4O2S. The van der Waals surface area contributed by atoms with Crippen LogP contribution in [-0.2, 0) is 4.79 Å². The monoisotopic (exact) mass is 412 g/mol. The molecule has 0 unspecified atom stereocenters. The number of nitrogens with zero attached hydrogens (tertiary/aromatic N) is 2. The lowest BCUT2D eigenvalue weighted by Crippen LogP contribution is -2.15. The highest BCUT2D eigenvalue weighted by Gasteiger charge is 2.14. The minimum Gasteiger partial charge on any atom is -0.497 e. The van der Waals surface area contributed by atoms with Crippen molar-refractivity contribution in [1.82, 2.24) is 15.0 Å². The van der Waals surface area contributed by atoms with Crippen molar-refractivity contribution in [2.24, 2.45) is 0 Å². The number of carbonyl (C=O) groups is 1. The molecule has 0 aliphatic heterocycles. The Kier molecular flexibility index (Phi) is 5.11. The van der Waals surface area contributed by atoms with E-state index in [1.165, 1.54) is 18.1 Å². The topological polar surface area (TPSA) is 79.9 Å². The summed E-state index contributed by atoms with van der Waals surface area (Å²) in [6, 6.07) is 11.2. The van der Waals surface area contributed by atoms with Gasteiger partial charge in [-0.1, -0.05) is 29.4 Å². The van der Waals surface area contributed by atoms with E-state index in [1.807, 2.05) is 31.2 Å². The molecule has 0 aliphatic rings. The third-order valence-electron chi connectivity index (χ3n) is 4.37. The normalized spacial score (nSPS) is 11.1. The highest BCUT2D eigenvalue weighted by molar-refractivity contribution is 8.00. The van der Waals surface area contributed by atoms with Gasteiger partial charge in [0.2, 0.25) is 5.91 Å². The van der Waals surface area contributed by atoms with Crippen LogP contribution in [0, 0.1) is 6.92 Å². The van der Waals surface area contributed by atoms with Crippen LogP contribution in [0.5, 0.6) is 5.75 Å². The number of hydrogen-bond donors (Lipinski definition) is 2. The largest absolute Gasteiger partial charge is 0.497 e. The van der Waals surface area contributed by atoms with E-state index < -0.39 is 0 Å². The van der Waals surface area contributed by atoms with Gasteiger partial charge in [0.15, 0.2) is 0 Å². The van der Waals surface area contributed by atoms with Crippen molar-refractivity contribution in [1.29, 1.82) is 0 Å². The molecule has 2 heterocycles. The molecule has 2 N–H and O–H groups in total. The van der Waals surface area contributed by atoms with Crippen molar-refractivity contribution in [3.63, 3.8) is 0 Å². The minimum absolute atomic E-state index is 0.125. The third-order valence-corrected chi connectivity index (χ3v) is 5.59. The van der Waals surface area contributed by atoms with Gasteiger partial charge >= 0.3 is 0 Å². The summed E-state index contributed by atoms with van der Waals surface area (Å²) in [4.78, 5) is 24.5. The molecule has 2 aromatic heterocycles. The average molecular weight is 413 g/mol. The number of H-pyrrole nitrogens is 1. The molecule has 142 valence electrons. The van der Waals surface area contributed by atoms with E-state index in [0.717, 1.165) is 38.3 Å². The highest BCUT2D eigenvalue weighted by Crippen LogP contribution is 2.31. The fourth-order valence-corrected chi connectivity index (χ4v) is 3.86. The van der Waals surface area contributed by atoms with Gasteiger partial charge in [0.25, 0.3) is 0 Å². The second-order valence-corrected chi connectivity index (χ2v) is 7.64. The molecule has 0 radical (unpaired) electrons. The number of thioether (sulfide) groups is 1. The van der Waals surface area contributed by atoms with Crippen LogP contribution in [0.4, 0.5) is 5.69 Å². The lowest BCUT2D eigenvalue weighted by molar-refractivity contribution is -0.113. The van der Waals surface area contributed by atoms with Crippen molar-refractivity contribution in [2.45, 2.75) is 11.9 Å². The summed E-state index contributed by atoms with van der Waals surface area (Å²) in [6.07, 6.45) is 1.51. The van der Waals surface area contributed by atoms with E-state index >= 15 is 0 Å². The first-order valence-corrected chi connectivity index (χ1v) is 9.91. The van der Waals surface area contributed by atoms with Gasteiger partial charge in [0, 0.05) is 21.6 Å². The van der Waals surface area contributed by atoms with Crippen LogP contribution < -0.4 is 10.1 Å². The fourth-order valence-electron chi connectivity index (χ4n) is 2.93. The minimum atomic E-state index is -0.125. The average Bonchev–Trinajstić information content (AvgIpc) is 3.07. The van der Waals surface area contributed by atoms with Gasteiger partial charge in [0.05, 0.1) is 18.4 Å². The van der Waals surface area contributed by atoms with Crippen molar-refractivity contribution < 1.29 is 9.53 Å². The van der Waals surface area contributed by atoms with E-state index in [2.05, 4.69) is 20.3 Å². The Morgan fingerprint density at radius 3 is 2.93 bits per heavy atom. The molecule has 2 aromatic carbocycles. The number of ether oxygens (including phenoxy) is 1. The van der Waals surface area contributed by atoms with Crippen molar-refractivity contribution in [3.8, 4) is 5.75 Å². The zero-order valence-corrected chi connectivity index (χ0v) is 16.8. The summed E-state index contributed by atoms with van der Waals surface area (Å²) in [6.45, 7) is 1.92. The van der Waals surface area contributed by atoms with E-state index in [4.69, 9.17) is 16.3 Å². The molecule has 0 saturated heterocycles. The maximum Gasteiger partial charge on any atom is 0.234 e. The molecule has 4 aromatic rings. The fraction of sp³-hybridized carbons (Fsp3) is 0.150. The molecule has 0 fully saturated rings. The van der Waals surface area contributed by atoms with Gasteiger partial charge < -0.3 is 15.0 Å². The summed E-state index contributed by atoms with van der Waals surface area (Å²) < 4.78 is 5.30. The Balaban J connectivity index is 1.56. The standard InChI is InChI=1S/C20H17ClN4O2S/c1-11-3-4-12(21)7-16(11)24-17(26)9-28-20-19-18(22-10-23-20)14-8-13(27-2)5-6-15(14)25-19/h3-8,10,25H,9H2,1-2H3,(H,24,26). The Labute approximate surface area is 170 Å². The molecule has 0 aliphatic carbocycles. The SMILES string of the molecule is COc1ccc2[nH]c3c(SCC(=O)Nc4cc(Cl)ccc4C)ncnc3c2c1. The number of hydrogen-bond acceptors (Lipinski definition) is 5. The lowest BCUT2D eigenvalue weighted by atomic mass is 10.2. The molecule has 0 saturated carbocycles. The number of aryl methyl sites for hydroxylation is 1. The summed E-state index contributed by atoms with van der Waals surface area (Å²) >= 11 is 7.37. The molecular weight excluding hydrogens is 396 g/mol. The molecule has 6 nitrogen and oxygen atoms in total. The maximum absolute atomic E-state index is 12.4. The second kappa shape index (κ2) is 7.69. The summed E-state index contributed by atoms with van der Waals surface area (Å²) in [5.41, 5.74) is 4.22. The zero-order valence-electron chi connectivity index (χ0n) is 15.2. The third kappa shape index (κ3) is 3.63. The van der Waals surface area contributed by atoms with Gasteiger partial charge in [0.1, 0.15) is 22.6 Å². The molecule has 0 spiro atoms. The first-order chi connectivity index (χ1) is 13.5. The van der Waals surface area contributed by atoms with Gasteiger partial charge in [-0.05, 0) is 42.8 Å². The van der Waals surface area contributed by atoms with Crippen LogP contribution in [0.3, 0.4) is 0 Å². The van der Waals surface area contributed by atoms with E-state index in [-0.39, 0.29) is 11.7 Å². The maximum atomic E-state index is 12.4. The number of halogens is 1. The molecule has 0 atom stereocenters. The van der Waals surface area contributed by atoms with Crippen molar-refractivity contribution >= 4 is 56.9 Å². The Bertz CT molecular complexity index is 1190. The quantitative estimate of drug-likeness (QED) is 0.363. The van der Waals surface area contributed by atoms with Crippen molar-refractivity contribution in [2.75, 3.05) is 18.2 Å². The number of nitrogens with one attached hydrogen (secondary N) is 2. The van der Waals surface area contributed by atoms with Crippen LogP contribution in [0.25, 0.3) is 21.9 Å². The highest BCUT2D eigenvalue weighted by atomic mass is 35.5. The Hall–Kier alpha value is -2.77. The van der Waals surface area contributed by atoms with E-state index in [0.29, 0.717) is 10.7 Å². The molecule has 8 heteroatoms. The van der Waals surface area contributed by atoms with Gasteiger partial charge in [-0.3, -0.25) is 4.79 Å². The summed E-state index contributed by atoms with van der Waals surface area (Å²) in [5.74, 6) is 0.855. The number of aromatic nitrogens is 3. The number of carbonyl (C=O) groups excluding carboxylic acids is 1. The molecule has 0 bridgehead atoms. The number of fused-ring (bicyclic) bond motifs is 3. The number of rotatable bonds is 5. The molecule has 1 amide bonds. The number of methoxy groups -OCH3 is 1. The number of aromatic amines is 1. The van der Waals surface area contributed by atoms with Crippen LogP contribution in [-0.4, -0.2) is 33.7 Å². The smallest absolute Gasteiger partial charge is 0.234 e. The number of anilines is 1. The zero-order chi connectivity index (χ0) is 19.7. The number of amides is 1. The molecule has 28 heavy (non-hydrogen) atoms. The Morgan fingerprint density at radius 2 is 2.11 bits per heavy atom. The van der Waals surface area contributed by atoms with Crippen LogP contribution in [0.15, 0.2) is 47.8 Å². The second-order valence-electron chi connectivity index (χ2n) is 6.24. The van der Waals surface area contributed by atoms with Crippen LogP contribution >= 0.6 is 23.4 Å². The van der Waals surface area contributed by atoms with Gasteiger partial charge in [-0.2, -0.15) is 0 Å². The van der Waals surface area contributed by atoms with E-state index in [9.17, 15) is 4.79 Å². The van der Waals surface area contributed by atoms with E-state index in [1.54, 1.807) is 19.2 Å². The first-order valence-electron chi connectivity index (χ1n) is 8.54. The van der Waals surface area contributed by atoms with Crippen LogP contribution in [0.2, 0.25) is 5.02 Å². The lowest BCUT2D eigenvalue weighted by Gasteiger charge is -2.08.